The first-order valence-corrected chi connectivity index (χ1v) is 7.03. The molecule has 0 saturated heterocycles. The number of urea groups is 1. The molecular formula is C17H19N3O3. The zero-order valence-corrected chi connectivity index (χ0v) is 13.3. The number of methoxy groups -OCH3 is 1. The number of hydrogen-bond donors (Lipinski definition) is 2. The lowest BCUT2D eigenvalue weighted by Gasteiger charge is -2.11. The van der Waals surface area contributed by atoms with Crippen molar-refractivity contribution in [2.24, 2.45) is 0 Å². The van der Waals surface area contributed by atoms with E-state index in [1.54, 1.807) is 69.7 Å². The van der Waals surface area contributed by atoms with Crippen molar-refractivity contribution in [1.29, 1.82) is 0 Å². The number of carbonyl (C=O) groups excluding carboxylic acids is 2. The summed E-state index contributed by atoms with van der Waals surface area (Å²) in [5.74, 6) is 0.576. The summed E-state index contributed by atoms with van der Waals surface area (Å²) < 4.78 is 5.10. The van der Waals surface area contributed by atoms with Crippen molar-refractivity contribution < 1.29 is 14.3 Å². The average molecular weight is 313 g/mol. The highest BCUT2D eigenvalue weighted by Crippen LogP contribution is 2.17. The first-order valence-electron chi connectivity index (χ1n) is 7.03. The van der Waals surface area contributed by atoms with Gasteiger partial charge in [0.25, 0.3) is 5.91 Å². The second kappa shape index (κ2) is 7.31. The van der Waals surface area contributed by atoms with Crippen molar-refractivity contribution in [2.45, 2.75) is 0 Å². The summed E-state index contributed by atoms with van der Waals surface area (Å²) in [7, 11) is 4.95. The van der Waals surface area contributed by atoms with Crippen molar-refractivity contribution in [3.05, 3.63) is 54.1 Å². The topological polar surface area (TPSA) is 70.7 Å². The van der Waals surface area contributed by atoms with Crippen LogP contribution >= 0.6 is 0 Å². The van der Waals surface area contributed by atoms with Gasteiger partial charge in [-0.15, -0.1) is 0 Å². The third kappa shape index (κ3) is 4.47. The number of nitrogens with one attached hydrogen (secondary N) is 2. The van der Waals surface area contributed by atoms with Crippen LogP contribution in [0.3, 0.4) is 0 Å². The molecule has 2 aromatic rings. The van der Waals surface area contributed by atoms with Gasteiger partial charge in [0, 0.05) is 37.1 Å². The zero-order valence-electron chi connectivity index (χ0n) is 13.3. The van der Waals surface area contributed by atoms with Crippen LogP contribution in [0.5, 0.6) is 5.75 Å². The van der Waals surface area contributed by atoms with Crippen LogP contribution in [0.25, 0.3) is 0 Å². The van der Waals surface area contributed by atoms with Gasteiger partial charge in [-0.25, -0.2) is 4.79 Å². The molecule has 6 heteroatoms. The monoisotopic (exact) mass is 313 g/mol. The van der Waals surface area contributed by atoms with Crippen molar-refractivity contribution in [3.63, 3.8) is 0 Å². The van der Waals surface area contributed by atoms with Crippen LogP contribution in [0.2, 0.25) is 0 Å². The molecule has 3 amide bonds. The predicted octanol–water partition coefficient (Wildman–Crippen LogP) is 3.04. The van der Waals surface area contributed by atoms with Gasteiger partial charge in [0.05, 0.1) is 7.11 Å². The van der Waals surface area contributed by atoms with Gasteiger partial charge in [-0.1, -0.05) is 6.07 Å². The number of ether oxygens (including phenoxy) is 1. The Morgan fingerprint density at radius 3 is 2.22 bits per heavy atom. The van der Waals surface area contributed by atoms with Crippen LogP contribution in [0.4, 0.5) is 16.2 Å². The first-order chi connectivity index (χ1) is 11.0. The van der Waals surface area contributed by atoms with Gasteiger partial charge in [0.2, 0.25) is 0 Å². The Bertz CT molecular complexity index is 696. The van der Waals surface area contributed by atoms with Gasteiger partial charge in [-0.2, -0.15) is 0 Å². The molecule has 0 atom stereocenters. The predicted molar refractivity (Wildman–Crippen MR) is 90.1 cm³/mol. The smallest absolute Gasteiger partial charge is 0.323 e. The van der Waals surface area contributed by atoms with Crippen molar-refractivity contribution in [2.75, 3.05) is 31.8 Å². The number of nitrogens with zero attached hydrogens (tertiary/aromatic N) is 1. The van der Waals surface area contributed by atoms with E-state index in [-0.39, 0.29) is 11.9 Å². The molecule has 2 N–H and O–H groups in total. The molecule has 0 aliphatic heterocycles. The Hall–Kier alpha value is -3.02. The molecule has 0 aliphatic carbocycles. The summed E-state index contributed by atoms with van der Waals surface area (Å²) in [5, 5.41) is 5.42. The van der Waals surface area contributed by atoms with Gasteiger partial charge in [0.1, 0.15) is 5.75 Å². The molecule has 0 heterocycles. The third-order valence-electron chi connectivity index (χ3n) is 3.12. The lowest BCUT2D eigenvalue weighted by Crippen LogP contribution is -2.22. The van der Waals surface area contributed by atoms with E-state index in [1.165, 1.54) is 4.90 Å². The fraction of sp³-hybridized carbons (Fsp3) is 0.176. The van der Waals surface area contributed by atoms with Crippen molar-refractivity contribution in [1.82, 2.24) is 4.90 Å². The normalized spacial score (nSPS) is 9.87. The van der Waals surface area contributed by atoms with Gasteiger partial charge < -0.3 is 20.3 Å². The highest BCUT2D eigenvalue weighted by atomic mass is 16.5. The molecule has 0 spiro atoms. The summed E-state index contributed by atoms with van der Waals surface area (Å²) in [6.45, 7) is 0. The van der Waals surface area contributed by atoms with Gasteiger partial charge >= 0.3 is 6.03 Å². The van der Waals surface area contributed by atoms with Crippen LogP contribution in [-0.4, -0.2) is 38.0 Å². The van der Waals surface area contributed by atoms with E-state index in [0.717, 1.165) is 0 Å². The Labute approximate surface area is 135 Å². The van der Waals surface area contributed by atoms with E-state index in [9.17, 15) is 9.59 Å². The van der Waals surface area contributed by atoms with Crippen molar-refractivity contribution in [3.8, 4) is 5.75 Å². The molecule has 23 heavy (non-hydrogen) atoms. The van der Waals surface area contributed by atoms with Gasteiger partial charge in [-0.05, 0) is 36.4 Å². The lowest BCUT2D eigenvalue weighted by molar-refractivity contribution is 0.0827. The molecule has 0 bridgehead atoms. The van der Waals surface area contributed by atoms with E-state index >= 15 is 0 Å². The third-order valence-corrected chi connectivity index (χ3v) is 3.12. The van der Waals surface area contributed by atoms with E-state index in [1.807, 2.05) is 0 Å². The molecule has 2 aromatic carbocycles. The van der Waals surface area contributed by atoms with Crippen LogP contribution in [0, 0.1) is 0 Å². The van der Waals surface area contributed by atoms with E-state index in [2.05, 4.69) is 10.6 Å². The Morgan fingerprint density at radius 2 is 1.61 bits per heavy atom. The summed E-state index contributed by atoms with van der Waals surface area (Å²) in [5.41, 5.74) is 1.79. The minimum atomic E-state index is -0.370. The van der Waals surface area contributed by atoms with E-state index < -0.39 is 0 Å². The van der Waals surface area contributed by atoms with Crippen LogP contribution in [-0.2, 0) is 0 Å². The molecule has 0 fully saturated rings. The molecule has 6 nitrogen and oxygen atoms in total. The van der Waals surface area contributed by atoms with Crippen LogP contribution in [0.15, 0.2) is 48.5 Å². The number of carbonyl (C=O) groups is 2. The standard InChI is InChI=1S/C17H19N3O3/c1-20(2)16(21)12-7-9-13(10-8-12)18-17(22)19-14-5-4-6-15(11-14)23-3/h4-11H,1-3H3,(H2,18,19,22). The Balaban J connectivity index is 1.98. The maximum absolute atomic E-state index is 12.0. The summed E-state index contributed by atoms with van der Waals surface area (Å²) in [6, 6.07) is 13.4. The fourth-order valence-corrected chi connectivity index (χ4v) is 1.95. The zero-order chi connectivity index (χ0) is 16.8. The van der Waals surface area contributed by atoms with Gasteiger partial charge in [-0.3, -0.25) is 4.79 Å². The molecule has 0 unspecified atom stereocenters. The minimum absolute atomic E-state index is 0.0858. The molecule has 0 aromatic heterocycles. The van der Waals surface area contributed by atoms with E-state index in [4.69, 9.17) is 4.74 Å². The highest BCUT2D eigenvalue weighted by Gasteiger charge is 2.08. The molecule has 0 radical (unpaired) electrons. The summed E-state index contributed by atoms with van der Waals surface area (Å²) >= 11 is 0. The van der Waals surface area contributed by atoms with E-state index in [0.29, 0.717) is 22.7 Å². The molecule has 0 aliphatic rings. The first kappa shape index (κ1) is 16.4. The molecule has 120 valence electrons. The Morgan fingerprint density at radius 1 is 0.957 bits per heavy atom. The number of benzene rings is 2. The molecule has 0 saturated carbocycles. The fourth-order valence-electron chi connectivity index (χ4n) is 1.95. The average Bonchev–Trinajstić information content (AvgIpc) is 2.54. The SMILES string of the molecule is COc1cccc(NC(=O)Nc2ccc(C(=O)N(C)C)cc2)c1. The number of anilines is 2. The quantitative estimate of drug-likeness (QED) is 0.911. The highest BCUT2D eigenvalue weighted by molar-refractivity contribution is 6.00. The second-order valence-corrected chi connectivity index (χ2v) is 5.09. The lowest BCUT2D eigenvalue weighted by atomic mass is 10.2. The van der Waals surface area contributed by atoms with Crippen molar-refractivity contribution >= 4 is 23.3 Å². The number of hydrogen-bond acceptors (Lipinski definition) is 3. The summed E-state index contributed by atoms with van der Waals surface area (Å²) in [6.07, 6.45) is 0. The van der Waals surface area contributed by atoms with Gasteiger partial charge in [0.15, 0.2) is 0 Å². The van der Waals surface area contributed by atoms with Crippen LogP contribution in [0.1, 0.15) is 10.4 Å². The van der Waals surface area contributed by atoms with Crippen LogP contribution < -0.4 is 15.4 Å². The second-order valence-electron chi connectivity index (χ2n) is 5.09. The summed E-state index contributed by atoms with van der Waals surface area (Å²) in [4.78, 5) is 25.3. The molecule has 2 rings (SSSR count). The Kier molecular flexibility index (Phi) is 5.19. The maximum atomic E-state index is 12.0. The molecular weight excluding hydrogens is 294 g/mol. The maximum Gasteiger partial charge on any atom is 0.323 e. The minimum Gasteiger partial charge on any atom is -0.497 e. The largest absolute Gasteiger partial charge is 0.497 e. The number of amides is 3. The number of rotatable bonds is 4.